The number of ether oxygens (including phenoxy) is 1. The Morgan fingerprint density at radius 1 is 0.842 bits per heavy atom. The molecule has 0 atom stereocenters. The predicted octanol–water partition coefficient (Wildman–Crippen LogP) is 3.48. The molecule has 38 heavy (non-hydrogen) atoms. The van der Waals surface area contributed by atoms with Gasteiger partial charge in [0.05, 0.1) is 12.6 Å². The Bertz CT molecular complexity index is 1300. The molecule has 1 aromatic carbocycles. The highest BCUT2D eigenvalue weighted by Gasteiger charge is 2.23. The summed E-state index contributed by atoms with van der Waals surface area (Å²) in [6.45, 7) is 16.7. The number of nitrogens with zero attached hydrogens (tertiary/aromatic N) is 6. The smallest absolute Gasteiger partial charge is 0.262 e. The van der Waals surface area contributed by atoms with E-state index in [0.717, 1.165) is 63.9 Å². The first kappa shape index (κ1) is 28.1. The van der Waals surface area contributed by atoms with Gasteiger partial charge in [-0.05, 0) is 45.9 Å². The highest BCUT2D eigenvalue weighted by Crippen LogP contribution is 2.30. The molecule has 0 spiro atoms. The Morgan fingerprint density at radius 3 is 2.03 bits per heavy atom. The maximum absolute atomic E-state index is 13.2. The summed E-state index contributed by atoms with van der Waals surface area (Å²) in [5.41, 5.74) is 2.10. The number of nitrogens with one attached hydrogen (secondary N) is 1. The van der Waals surface area contributed by atoms with Gasteiger partial charge >= 0.3 is 0 Å². The summed E-state index contributed by atoms with van der Waals surface area (Å²) in [6.07, 6.45) is 0. The third kappa shape index (κ3) is 5.75. The molecule has 206 valence electrons. The molecule has 2 saturated heterocycles. The first-order chi connectivity index (χ1) is 17.8. The van der Waals surface area contributed by atoms with Gasteiger partial charge in [0, 0.05) is 76.2 Å². The SMILES string of the molecule is COc1cc(N2CCN(C(C)C)CC2)cc2nc(-c3cccc(N4CCN(C(C)C)CC4)n3)[nH]c(=O)c12.Cl. The lowest BCUT2D eigenvalue weighted by atomic mass is 10.1. The fourth-order valence-corrected chi connectivity index (χ4v) is 5.38. The maximum atomic E-state index is 13.2. The normalized spacial score (nSPS) is 17.3. The quantitative estimate of drug-likeness (QED) is 0.508. The summed E-state index contributed by atoms with van der Waals surface area (Å²) in [5, 5.41) is 0.469. The van der Waals surface area contributed by atoms with Crippen LogP contribution >= 0.6 is 12.4 Å². The molecule has 5 rings (SSSR count). The van der Waals surface area contributed by atoms with E-state index in [9.17, 15) is 4.79 Å². The number of hydrogen-bond acceptors (Lipinski definition) is 8. The standard InChI is InChI=1S/C28H39N7O2.ClH/c1-19(2)32-9-13-34(14-10-32)21-17-23-26(24(18-21)37-5)28(36)31-27(30-23)22-7-6-8-25(29-22)35-15-11-33(12-16-35)20(3)4;/h6-8,17-20H,9-16H2,1-5H3,(H,30,31,36);1H. The Morgan fingerprint density at radius 2 is 1.45 bits per heavy atom. The first-order valence-electron chi connectivity index (χ1n) is 13.4. The average molecular weight is 542 g/mol. The Kier molecular flexibility index (Phi) is 8.80. The van der Waals surface area contributed by atoms with Gasteiger partial charge < -0.3 is 19.5 Å². The molecule has 3 aromatic rings. The molecule has 2 aliphatic heterocycles. The molecule has 4 heterocycles. The second-order valence-electron chi connectivity index (χ2n) is 10.6. The minimum Gasteiger partial charge on any atom is -0.496 e. The van der Waals surface area contributed by atoms with Gasteiger partial charge in [-0.2, -0.15) is 0 Å². The topological polar surface area (TPSA) is 80.8 Å². The molecule has 0 bridgehead atoms. The molecular formula is C28H40ClN7O2. The highest BCUT2D eigenvalue weighted by molar-refractivity contribution is 5.89. The van der Waals surface area contributed by atoms with E-state index in [0.29, 0.717) is 40.3 Å². The molecule has 2 aliphatic rings. The second-order valence-corrected chi connectivity index (χ2v) is 10.6. The van der Waals surface area contributed by atoms with Crippen LogP contribution in [-0.4, -0.2) is 96.3 Å². The zero-order valence-corrected chi connectivity index (χ0v) is 23.9. The van der Waals surface area contributed by atoms with Gasteiger partial charge in [-0.3, -0.25) is 14.6 Å². The Hall–Kier alpha value is -2.88. The molecule has 1 N–H and O–H groups in total. The lowest BCUT2D eigenvalue weighted by molar-refractivity contribution is 0.209. The van der Waals surface area contributed by atoms with Crippen LogP contribution in [0.4, 0.5) is 11.5 Å². The zero-order chi connectivity index (χ0) is 26.1. The van der Waals surface area contributed by atoms with Crippen molar-refractivity contribution < 1.29 is 4.74 Å². The van der Waals surface area contributed by atoms with E-state index in [1.165, 1.54) is 0 Å². The van der Waals surface area contributed by atoms with Crippen LogP contribution in [0, 0.1) is 0 Å². The largest absolute Gasteiger partial charge is 0.496 e. The molecule has 2 aromatic heterocycles. The number of halogens is 1. The van der Waals surface area contributed by atoms with Crippen molar-refractivity contribution in [2.24, 2.45) is 0 Å². The first-order valence-corrected chi connectivity index (χ1v) is 13.4. The van der Waals surface area contributed by atoms with Crippen LogP contribution in [0.3, 0.4) is 0 Å². The molecule has 0 radical (unpaired) electrons. The molecule has 0 amide bonds. The van der Waals surface area contributed by atoms with Crippen molar-refractivity contribution in [3.05, 3.63) is 40.7 Å². The number of methoxy groups -OCH3 is 1. The number of aromatic nitrogens is 3. The third-order valence-electron chi connectivity index (χ3n) is 7.73. The monoisotopic (exact) mass is 541 g/mol. The number of anilines is 2. The number of benzene rings is 1. The number of H-pyrrole nitrogens is 1. The van der Waals surface area contributed by atoms with Crippen molar-refractivity contribution in [1.29, 1.82) is 0 Å². The Balaban J connectivity index is 0.00000336. The van der Waals surface area contributed by atoms with Crippen molar-refractivity contribution in [2.45, 2.75) is 39.8 Å². The van der Waals surface area contributed by atoms with E-state index in [-0.39, 0.29) is 18.0 Å². The summed E-state index contributed by atoms with van der Waals surface area (Å²) in [7, 11) is 1.60. The van der Waals surface area contributed by atoms with Gasteiger partial charge in [0.25, 0.3) is 5.56 Å². The van der Waals surface area contributed by atoms with Crippen LogP contribution in [0.25, 0.3) is 22.4 Å². The van der Waals surface area contributed by atoms with Crippen molar-refractivity contribution in [2.75, 3.05) is 69.3 Å². The van der Waals surface area contributed by atoms with E-state index in [1.54, 1.807) is 7.11 Å². The van der Waals surface area contributed by atoms with Gasteiger partial charge in [0.15, 0.2) is 5.82 Å². The lowest BCUT2D eigenvalue weighted by Crippen LogP contribution is -2.49. The van der Waals surface area contributed by atoms with Gasteiger partial charge in [0.1, 0.15) is 22.6 Å². The summed E-state index contributed by atoms with van der Waals surface area (Å²) >= 11 is 0. The van der Waals surface area contributed by atoms with Gasteiger partial charge in [-0.1, -0.05) is 6.07 Å². The number of aromatic amines is 1. The van der Waals surface area contributed by atoms with Crippen LogP contribution in [0.5, 0.6) is 5.75 Å². The number of pyridine rings is 1. The number of fused-ring (bicyclic) bond motifs is 1. The van der Waals surface area contributed by atoms with Crippen molar-refractivity contribution in [3.8, 4) is 17.3 Å². The van der Waals surface area contributed by atoms with Crippen LogP contribution in [0.15, 0.2) is 35.1 Å². The molecule has 0 unspecified atom stereocenters. The Labute approximate surface area is 231 Å². The second kappa shape index (κ2) is 11.9. The minimum atomic E-state index is -0.217. The molecule has 0 aliphatic carbocycles. The van der Waals surface area contributed by atoms with Crippen LogP contribution in [-0.2, 0) is 0 Å². The van der Waals surface area contributed by atoms with E-state index >= 15 is 0 Å². The average Bonchev–Trinajstić information content (AvgIpc) is 2.92. The molecule has 10 heteroatoms. The lowest BCUT2D eigenvalue weighted by Gasteiger charge is -2.38. The van der Waals surface area contributed by atoms with Gasteiger partial charge in [0.2, 0.25) is 0 Å². The van der Waals surface area contributed by atoms with E-state index < -0.39 is 0 Å². The number of piperazine rings is 2. The van der Waals surface area contributed by atoms with Crippen LogP contribution in [0.1, 0.15) is 27.7 Å². The zero-order valence-electron chi connectivity index (χ0n) is 23.1. The van der Waals surface area contributed by atoms with E-state index in [2.05, 4.69) is 52.3 Å². The molecular weight excluding hydrogens is 502 g/mol. The molecule has 0 saturated carbocycles. The fourth-order valence-electron chi connectivity index (χ4n) is 5.38. The van der Waals surface area contributed by atoms with Gasteiger partial charge in [-0.25, -0.2) is 9.97 Å². The fraction of sp³-hybridized carbons (Fsp3) is 0.536. The van der Waals surface area contributed by atoms with Crippen LogP contribution in [0.2, 0.25) is 0 Å². The van der Waals surface area contributed by atoms with Crippen molar-refractivity contribution in [1.82, 2.24) is 24.8 Å². The predicted molar refractivity (Wildman–Crippen MR) is 157 cm³/mol. The summed E-state index contributed by atoms with van der Waals surface area (Å²) < 4.78 is 5.65. The maximum Gasteiger partial charge on any atom is 0.262 e. The van der Waals surface area contributed by atoms with E-state index in [1.807, 2.05) is 30.3 Å². The summed E-state index contributed by atoms with van der Waals surface area (Å²) in [4.78, 5) is 35.5. The van der Waals surface area contributed by atoms with Gasteiger partial charge in [-0.15, -0.1) is 12.4 Å². The van der Waals surface area contributed by atoms with Crippen molar-refractivity contribution >= 4 is 34.8 Å². The van der Waals surface area contributed by atoms with Crippen LogP contribution < -0.4 is 20.1 Å². The highest BCUT2D eigenvalue weighted by atomic mass is 35.5. The minimum absolute atomic E-state index is 0. The summed E-state index contributed by atoms with van der Waals surface area (Å²) in [5.74, 6) is 1.94. The summed E-state index contributed by atoms with van der Waals surface area (Å²) in [6, 6.07) is 11.0. The van der Waals surface area contributed by atoms with Crippen molar-refractivity contribution in [3.63, 3.8) is 0 Å². The third-order valence-corrected chi connectivity index (χ3v) is 7.73. The molecule has 2 fully saturated rings. The number of hydrogen-bond donors (Lipinski definition) is 1. The molecule has 9 nitrogen and oxygen atoms in total. The van der Waals surface area contributed by atoms with E-state index in [4.69, 9.17) is 14.7 Å². The number of rotatable bonds is 6.